The second-order valence-electron chi connectivity index (χ2n) is 4.81. The van der Waals surface area contributed by atoms with Crippen LogP contribution in [0.25, 0.3) is 0 Å². The first-order valence-electron chi connectivity index (χ1n) is 7.15. The number of allylic oxidation sites excluding steroid dienone is 3. The number of carboxylic acids is 1. The Labute approximate surface area is 124 Å². The highest BCUT2D eigenvalue weighted by atomic mass is 16.5. The third-order valence-electron chi connectivity index (χ3n) is 3.14. The monoisotopic (exact) mass is 297 g/mol. The highest BCUT2D eigenvalue weighted by molar-refractivity contribution is 5.89. The van der Waals surface area contributed by atoms with E-state index in [-0.39, 0.29) is 12.6 Å². The highest BCUT2D eigenvalue weighted by Crippen LogP contribution is 2.17. The molecule has 0 aromatic heterocycles. The van der Waals surface area contributed by atoms with Crippen molar-refractivity contribution in [2.45, 2.75) is 32.1 Å². The summed E-state index contributed by atoms with van der Waals surface area (Å²) in [7, 11) is 1.39. The molecule has 6 heteroatoms. The number of carbonyl (C=O) groups is 2. The fraction of sp³-hybridized carbons (Fsp3) is 0.600. The van der Waals surface area contributed by atoms with Gasteiger partial charge in [0.1, 0.15) is 6.61 Å². The first-order valence-corrected chi connectivity index (χ1v) is 7.15. The molecule has 118 valence electrons. The summed E-state index contributed by atoms with van der Waals surface area (Å²) in [5.74, 6) is -1.19. The minimum atomic E-state index is -0.930. The average molecular weight is 297 g/mol. The SMILES string of the molecule is COC(=O)C1=CC=C(NCCCCCOCC(=O)O)CC1. The number of ether oxygens (including phenoxy) is 2. The molecular formula is C15H23NO5. The first kappa shape index (κ1) is 17.2. The highest BCUT2D eigenvalue weighted by Gasteiger charge is 2.13. The Kier molecular flexibility index (Phi) is 8.19. The number of rotatable bonds is 10. The number of carboxylic acid groups (broad SMARTS) is 1. The Morgan fingerprint density at radius 2 is 2.05 bits per heavy atom. The van der Waals surface area contributed by atoms with E-state index >= 15 is 0 Å². The standard InChI is InChI=1S/C15H23NO5/c1-20-15(19)12-5-7-13(8-6-12)16-9-3-2-4-10-21-11-14(17)18/h5,7,16H,2-4,6,8-11H2,1H3,(H,17,18). The van der Waals surface area contributed by atoms with Gasteiger partial charge in [0.05, 0.1) is 7.11 Å². The molecular weight excluding hydrogens is 274 g/mol. The molecule has 0 saturated carbocycles. The van der Waals surface area contributed by atoms with Gasteiger partial charge in [-0.3, -0.25) is 0 Å². The third kappa shape index (κ3) is 7.51. The Balaban J connectivity index is 2.06. The van der Waals surface area contributed by atoms with Crippen LogP contribution in [0.4, 0.5) is 0 Å². The maximum absolute atomic E-state index is 11.3. The summed E-state index contributed by atoms with van der Waals surface area (Å²) in [5, 5.41) is 11.7. The van der Waals surface area contributed by atoms with Crippen LogP contribution in [0.2, 0.25) is 0 Å². The summed E-state index contributed by atoms with van der Waals surface area (Å²) in [5.41, 5.74) is 1.84. The second-order valence-corrected chi connectivity index (χ2v) is 4.81. The molecule has 0 atom stereocenters. The van der Waals surface area contributed by atoms with Crippen molar-refractivity contribution < 1.29 is 24.2 Å². The maximum atomic E-state index is 11.3. The van der Waals surface area contributed by atoms with Gasteiger partial charge < -0.3 is 19.9 Å². The number of carbonyl (C=O) groups excluding carboxylic acids is 1. The van der Waals surface area contributed by atoms with Crippen LogP contribution in [-0.4, -0.2) is 43.9 Å². The molecule has 0 aliphatic heterocycles. The summed E-state index contributed by atoms with van der Waals surface area (Å²) in [6.45, 7) is 1.13. The molecule has 0 amide bonds. The lowest BCUT2D eigenvalue weighted by Gasteiger charge is -2.15. The van der Waals surface area contributed by atoms with E-state index in [1.807, 2.05) is 6.08 Å². The van der Waals surface area contributed by atoms with Crippen LogP contribution in [0.3, 0.4) is 0 Å². The molecule has 0 heterocycles. The van der Waals surface area contributed by atoms with E-state index < -0.39 is 5.97 Å². The van der Waals surface area contributed by atoms with Crippen molar-refractivity contribution in [3.05, 3.63) is 23.4 Å². The Morgan fingerprint density at radius 3 is 2.67 bits per heavy atom. The van der Waals surface area contributed by atoms with Gasteiger partial charge in [-0.25, -0.2) is 9.59 Å². The van der Waals surface area contributed by atoms with Crippen LogP contribution in [0, 0.1) is 0 Å². The lowest BCUT2D eigenvalue weighted by molar-refractivity contribution is -0.142. The van der Waals surface area contributed by atoms with Crippen molar-refractivity contribution in [1.29, 1.82) is 0 Å². The van der Waals surface area contributed by atoms with Crippen molar-refractivity contribution in [3.8, 4) is 0 Å². The maximum Gasteiger partial charge on any atom is 0.333 e. The quantitative estimate of drug-likeness (QED) is 0.471. The van der Waals surface area contributed by atoms with Gasteiger partial charge in [-0.1, -0.05) is 6.08 Å². The topological polar surface area (TPSA) is 84.9 Å². The van der Waals surface area contributed by atoms with E-state index in [0.29, 0.717) is 18.6 Å². The van der Waals surface area contributed by atoms with Crippen LogP contribution in [0.5, 0.6) is 0 Å². The minimum absolute atomic E-state index is 0.222. The van der Waals surface area contributed by atoms with E-state index in [0.717, 1.165) is 37.9 Å². The first-order chi connectivity index (χ1) is 10.1. The van der Waals surface area contributed by atoms with Gasteiger partial charge in [-0.05, 0) is 38.2 Å². The largest absolute Gasteiger partial charge is 0.480 e. The Morgan fingerprint density at radius 1 is 1.24 bits per heavy atom. The lowest BCUT2D eigenvalue weighted by Crippen LogP contribution is -2.18. The Hall–Kier alpha value is -1.82. The predicted molar refractivity (Wildman–Crippen MR) is 77.7 cm³/mol. The zero-order valence-corrected chi connectivity index (χ0v) is 12.4. The molecule has 0 bridgehead atoms. The van der Waals surface area contributed by atoms with Gasteiger partial charge in [-0.2, -0.15) is 0 Å². The zero-order chi connectivity index (χ0) is 15.5. The molecule has 21 heavy (non-hydrogen) atoms. The molecule has 1 aliphatic carbocycles. The minimum Gasteiger partial charge on any atom is -0.480 e. The molecule has 2 N–H and O–H groups in total. The van der Waals surface area contributed by atoms with Crippen LogP contribution in [0.15, 0.2) is 23.4 Å². The average Bonchev–Trinajstić information content (AvgIpc) is 2.49. The molecule has 0 spiro atoms. The summed E-state index contributed by atoms with van der Waals surface area (Å²) < 4.78 is 9.63. The fourth-order valence-electron chi connectivity index (χ4n) is 2.00. The fourth-order valence-corrected chi connectivity index (χ4v) is 2.00. The molecule has 0 unspecified atom stereocenters. The van der Waals surface area contributed by atoms with Gasteiger partial charge in [0.15, 0.2) is 0 Å². The summed E-state index contributed by atoms with van der Waals surface area (Å²) in [6, 6.07) is 0. The van der Waals surface area contributed by atoms with Crippen molar-refractivity contribution in [3.63, 3.8) is 0 Å². The van der Waals surface area contributed by atoms with Gasteiger partial charge in [0, 0.05) is 24.4 Å². The van der Waals surface area contributed by atoms with Gasteiger partial charge in [0.2, 0.25) is 0 Å². The molecule has 0 aromatic carbocycles. The molecule has 0 fully saturated rings. The van der Waals surface area contributed by atoms with Crippen molar-refractivity contribution in [2.24, 2.45) is 0 Å². The number of aliphatic carboxylic acids is 1. The molecule has 0 aromatic rings. The molecule has 1 aliphatic rings. The van der Waals surface area contributed by atoms with Crippen LogP contribution >= 0.6 is 0 Å². The summed E-state index contributed by atoms with van der Waals surface area (Å²) in [4.78, 5) is 21.5. The van der Waals surface area contributed by atoms with Crippen LogP contribution in [-0.2, 0) is 19.1 Å². The summed E-state index contributed by atoms with van der Waals surface area (Å²) >= 11 is 0. The number of methoxy groups -OCH3 is 1. The van der Waals surface area contributed by atoms with Crippen molar-refractivity contribution >= 4 is 11.9 Å². The van der Waals surface area contributed by atoms with Crippen molar-refractivity contribution in [2.75, 3.05) is 26.9 Å². The van der Waals surface area contributed by atoms with Crippen molar-refractivity contribution in [1.82, 2.24) is 5.32 Å². The molecule has 0 saturated heterocycles. The number of hydrogen-bond acceptors (Lipinski definition) is 5. The number of esters is 1. The van der Waals surface area contributed by atoms with Crippen LogP contribution in [0.1, 0.15) is 32.1 Å². The van der Waals surface area contributed by atoms with Gasteiger partial charge in [-0.15, -0.1) is 0 Å². The van der Waals surface area contributed by atoms with E-state index in [1.54, 1.807) is 6.08 Å². The van der Waals surface area contributed by atoms with E-state index in [4.69, 9.17) is 9.84 Å². The number of nitrogens with one attached hydrogen (secondary N) is 1. The number of unbranched alkanes of at least 4 members (excludes halogenated alkanes) is 2. The van der Waals surface area contributed by atoms with Gasteiger partial charge >= 0.3 is 11.9 Å². The Bertz CT molecular complexity index is 414. The van der Waals surface area contributed by atoms with E-state index in [2.05, 4.69) is 10.1 Å². The smallest absolute Gasteiger partial charge is 0.333 e. The lowest BCUT2D eigenvalue weighted by atomic mass is 10.0. The summed E-state index contributed by atoms with van der Waals surface area (Å²) in [6.07, 6.45) is 8.10. The predicted octanol–water partition coefficient (Wildman–Crippen LogP) is 1.62. The number of hydrogen-bond donors (Lipinski definition) is 2. The third-order valence-corrected chi connectivity index (χ3v) is 3.14. The van der Waals surface area contributed by atoms with E-state index in [1.165, 1.54) is 7.11 Å². The molecule has 0 radical (unpaired) electrons. The van der Waals surface area contributed by atoms with E-state index in [9.17, 15) is 9.59 Å². The zero-order valence-electron chi connectivity index (χ0n) is 12.4. The van der Waals surface area contributed by atoms with Crippen LogP contribution < -0.4 is 5.32 Å². The molecule has 6 nitrogen and oxygen atoms in total. The normalized spacial score (nSPS) is 14.1. The second kappa shape index (κ2) is 9.99. The van der Waals surface area contributed by atoms with Gasteiger partial charge in [0.25, 0.3) is 0 Å². The molecule has 1 rings (SSSR count).